The van der Waals surface area contributed by atoms with Crippen molar-refractivity contribution in [2.75, 3.05) is 23.3 Å². The van der Waals surface area contributed by atoms with Gasteiger partial charge in [-0.05, 0) is 43.5 Å². The molecule has 22 heavy (non-hydrogen) atoms. The molecule has 4 heteroatoms. The molecule has 3 rings (SSSR count). The zero-order valence-corrected chi connectivity index (χ0v) is 12.8. The fourth-order valence-corrected chi connectivity index (χ4v) is 2.90. The fraction of sp³-hybridized carbons (Fsp3) is 0.333. The molecule has 1 atom stereocenters. The van der Waals surface area contributed by atoms with Gasteiger partial charge in [0.25, 0.3) is 0 Å². The van der Waals surface area contributed by atoms with E-state index in [1.54, 1.807) is 0 Å². The Labute approximate surface area is 131 Å². The molecule has 1 fully saturated rings. The number of rotatable bonds is 3. The first-order chi connectivity index (χ1) is 10.8. The van der Waals surface area contributed by atoms with Crippen molar-refractivity contribution >= 4 is 11.5 Å². The highest BCUT2D eigenvalue weighted by Crippen LogP contribution is 2.21. The lowest BCUT2D eigenvalue weighted by Crippen LogP contribution is -2.42. The van der Waals surface area contributed by atoms with Gasteiger partial charge in [-0.25, -0.2) is 4.98 Å². The number of benzene rings is 1. The number of aryl methyl sites for hydroxylation is 1. The second-order valence-corrected chi connectivity index (χ2v) is 5.74. The first-order valence-corrected chi connectivity index (χ1v) is 7.70. The van der Waals surface area contributed by atoms with Crippen LogP contribution in [-0.4, -0.2) is 24.1 Å². The molecule has 0 amide bonds. The van der Waals surface area contributed by atoms with Crippen LogP contribution in [0.5, 0.6) is 0 Å². The highest BCUT2D eigenvalue weighted by Gasteiger charge is 2.20. The van der Waals surface area contributed by atoms with Gasteiger partial charge in [-0.1, -0.05) is 24.3 Å². The van der Waals surface area contributed by atoms with E-state index < -0.39 is 0 Å². The Morgan fingerprint density at radius 2 is 2.05 bits per heavy atom. The zero-order valence-electron chi connectivity index (χ0n) is 12.8. The van der Waals surface area contributed by atoms with Gasteiger partial charge in [-0.2, -0.15) is 5.26 Å². The molecule has 2 aromatic rings. The van der Waals surface area contributed by atoms with Gasteiger partial charge < -0.3 is 10.2 Å². The third-order valence-electron chi connectivity index (χ3n) is 4.10. The van der Waals surface area contributed by atoms with E-state index in [1.165, 1.54) is 5.69 Å². The number of aromatic nitrogens is 1. The van der Waals surface area contributed by atoms with E-state index in [-0.39, 0.29) is 0 Å². The van der Waals surface area contributed by atoms with Crippen molar-refractivity contribution in [3.05, 3.63) is 53.7 Å². The Bertz CT molecular complexity index is 675. The van der Waals surface area contributed by atoms with Crippen LogP contribution in [-0.2, 0) is 0 Å². The monoisotopic (exact) mass is 292 g/mol. The molecule has 0 saturated carbocycles. The van der Waals surface area contributed by atoms with Crippen LogP contribution < -0.4 is 10.2 Å². The number of nitriles is 1. The smallest absolute Gasteiger partial charge is 0.145 e. The van der Waals surface area contributed by atoms with Crippen LogP contribution in [0.3, 0.4) is 0 Å². The Balaban J connectivity index is 1.69. The second-order valence-electron chi connectivity index (χ2n) is 5.74. The lowest BCUT2D eigenvalue weighted by atomic mass is 10.0. The largest absolute Gasteiger partial charge is 0.369 e. The number of anilines is 2. The van der Waals surface area contributed by atoms with Crippen molar-refractivity contribution < 1.29 is 0 Å². The molecule has 1 saturated heterocycles. The highest BCUT2D eigenvalue weighted by atomic mass is 15.2. The average Bonchev–Trinajstić information content (AvgIpc) is 2.58. The Hall–Kier alpha value is -2.54. The van der Waals surface area contributed by atoms with Crippen molar-refractivity contribution in [1.82, 2.24) is 4.98 Å². The first kappa shape index (κ1) is 14.4. The number of hydrogen-bond acceptors (Lipinski definition) is 4. The SMILES string of the molecule is Cc1ccc(NC2CCCN(c3ccccc3)C2)nc1C#N. The van der Waals surface area contributed by atoms with Gasteiger partial charge in [0.2, 0.25) is 0 Å². The minimum atomic E-state index is 0.357. The Kier molecular flexibility index (Phi) is 4.24. The van der Waals surface area contributed by atoms with Gasteiger partial charge >= 0.3 is 0 Å². The van der Waals surface area contributed by atoms with Crippen LogP contribution in [0.15, 0.2) is 42.5 Å². The lowest BCUT2D eigenvalue weighted by molar-refractivity contribution is 0.529. The molecule has 0 aliphatic carbocycles. The maximum Gasteiger partial charge on any atom is 0.145 e. The van der Waals surface area contributed by atoms with E-state index in [0.717, 1.165) is 37.3 Å². The summed E-state index contributed by atoms with van der Waals surface area (Å²) >= 11 is 0. The summed E-state index contributed by atoms with van der Waals surface area (Å²) < 4.78 is 0. The molecule has 1 N–H and O–H groups in total. The van der Waals surface area contributed by atoms with Gasteiger partial charge in [-0.3, -0.25) is 0 Å². The average molecular weight is 292 g/mol. The van der Waals surface area contributed by atoms with Crippen LogP contribution in [0.4, 0.5) is 11.5 Å². The Morgan fingerprint density at radius 1 is 1.23 bits per heavy atom. The van der Waals surface area contributed by atoms with E-state index in [0.29, 0.717) is 11.7 Å². The third-order valence-corrected chi connectivity index (χ3v) is 4.10. The summed E-state index contributed by atoms with van der Waals surface area (Å²) in [5.74, 6) is 0.794. The molecule has 1 aromatic carbocycles. The number of hydrogen-bond donors (Lipinski definition) is 1. The Morgan fingerprint density at radius 3 is 2.82 bits per heavy atom. The summed E-state index contributed by atoms with van der Waals surface area (Å²) in [6.45, 7) is 3.96. The van der Waals surface area contributed by atoms with Crippen molar-refractivity contribution in [2.24, 2.45) is 0 Å². The number of nitrogens with one attached hydrogen (secondary N) is 1. The number of para-hydroxylation sites is 1. The van der Waals surface area contributed by atoms with Gasteiger partial charge in [0.05, 0.1) is 0 Å². The van der Waals surface area contributed by atoms with E-state index in [1.807, 2.05) is 25.1 Å². The van der Waals surface area contributed by atoms with Crippen LogP contribution >= 0.6 is 0 Å². The summed E-state index contributed by atoms with van der Waals surface area (Å²) in [5, 5.41) is 12.6. The maximum atomic E-state index is 9.09. The second kappa shape index (κ2) is 6.48. The normalized spacial score (nSPS) is 17.8. The predicted octanol–water partition coefficient (Wildman–Crippen LogP) is 3.34. The maximum absolute atomic E-state index is 9.09. The summed E-state index contributed by atoms with van der Waals surface area (Å²) in [5.41, 5.74) is 2.69. The minimum absolute atomic E-state index is 0.357. The molecule has 2 heterocycles. The summed E-state index contributed by atoms with van der Waals surface area (Å²) in [6, 6.07) is 16.9. The highest BCUT2D eigenvalue weighted by molar-refractivity contribution is 5.48. The van der Waals surface area contributed by atoms with Gasteiger partial charge in [0.15, 0.2) is 0 Å². The van der Waals surface area contributed by atoms with Crippen LogP contribution in [0.1, 0.15) is 24.1 Å². The van der Waals surface area contributed by atoms with E-state index in [2.05, 4.69) is 45.5 Å². The quantitative estimate of drug-likeness (QED) is 0.942. The summed E-state index contributed by atoms with van der Waals surface area (Å²) in [4.78, 5) is 6.80. The van der Waals surface area contributed by atoms with Crippen molar-refractivity contribution in [1.29, 1.82) is 5.26 Å². The van der Waals surface area contributed by atoms with Crippen LogP contribution in [0, 0.1) is 18.3 Å². The van der Waals surface area contributed by atoms with Crippen molar-refractivity contribution in [3.63, 3.8) is 0 Å². The lowest BCUT2D eigenvalue weighted by Gasteiger charge is -2.35. The molecule has 1 aliphatic heterocycles. The molecule has 1 aromatic heterocycles. The van der Waals surface area contributed by atoms with E-state index in [4.69, 9.17) is 5.26 Å². The minimum Gasteiger partial charge on any atom is -0.369 e. The molecule has 0 bridgehead atoms. The molecular weight excluding hydrogens is 272 g/mol. The fourth-order valence-electron chi connectivity index (χ4n) is 2.90. The first-order valence-electron chi connectivity index (χ1n) is 7.70. The zero-order chi connectivity index (χ0) is 15.4. The number of pyridine rings is 1. The topological polar surface area (TPSA) is 52.0 Å². The summed E-state index contributed by atoms with van der Waals surface area (Å²) in [6.07, 6.45) is 2.28. The molecule has 4 nitrogen and oxygen atoms in total. The van der Waals surface area contributed by atoms with Gasteiger partial charge in [-0.15, -0.1) is 0 Å². The molecule has 1 unspecified atom stereocenters. The third kappa shape index (κ3) is 3.20. The van der Waals surface area contributed by atoms with Crippen molar-refractivity contribution in [3.8, 4) is 6.07 Å². The standard InChI is InChI=1S/C18H20N4/c1-14-9-10-18(21-17(14)12-19)20-15-6-5-11-22(13-15)16-7-3-2-4-8-16/h2-4,7-10,15H,5-6,11,13H2,1H3,(H,20,21). The summed E-state index contributed by atoms with van der Waals surface area (Å²) in [7, 11) is 0. The van der Waals surface area contributed by atoms with Gasteiger partial charge in [0, 0.05) is 24.8 Å². The predicted molar refractivity (Wildman–Crippen MR) is 89.0 cm³/mol. The molecule has 0 radical (unpaired) electrons. The number of nitrogens with zero attached hydrogens (tertiary/aromatic N) is 3. The number of piperidine rings is 1. The van der Waals surface area contributed by atoms with E-state index in [9.17, 15) is 0 Å². The molecule has 0 spiro atoms. The van der Waals surface area contributed by atoms with E-state index >= 15 is 0 Å². The molecular formula is C18H20N4. The van der Waals surface area contributed by atoms with Gasteiger partial charge in [0.1, 0.15) is 17.6 Å². The molecule has 1 aliphatic rings. The molecule has 112 valence electrons. The van der Waals surface area contributed by atoms with Crippen LogP contribution in [0.2, 0.25) is 0 Å². The van der Waals surface area contributed by atoms with Crippen LogP contribution in [0.25, 0.3) is 0 Å². The van der Waals surface area contributed by atoms with Crippen molar-refractivity contribution in [2.45, 2.75) is 25.8 Å².